The highest BCUT2D eigenvalue weighted by Crippen LogP contribution is 2.28. The van der Waals surface area contributed by atoms with Crippen molar-refractivity contribution in [1.29, 1.82) is 0 Å². The van der Waals surface area contributed by atoms with Crippen LogP contribution in [0.5, 0.6) is 11.5 Å². The summed E-state index contributed by atoms with van der Waals surface area (Å²) in [6, 6.07) is 4.95. The van der Waals surface area contributed by atoms with Crippen molar-refractivity contribution in [3.8, 4) is 11.5 Å². The van der Waals surface area contributed by atoms with E-state index in [1.807, 2.05) is 26.8 Å². The zero-order chi connectivity index (χ0) is 24.2. The van der Waals surface area contributed by atoms with E-state index in [1.54, 1.807) is 41.1 Å². The van der Waals surface area contributed by atoms with Crippen molar-refractivity contribution in [1.82, 2.24) is 14.7 Å². The van der Waals surface area contributed by atoms with Crippen molar-refractivity contribution < 1.29 is 28.6 Å². The van der Waals surface area contributed by atoms with Crippen molar-refractivity contribution in [2.24, 2.45) is 0 Å². The molecule has 2 heterocycles. The molecule has 9 heteroatoms. The lowest BCUT2D eigenvalue weighted by atomic mass is 10.1. The summed E-state index contributed by atoms with van der Waals surface area (Å²) in [5.41, 5.74) is 0.254. The number of hydrogen-bond acceptors (Lipinski definition) is 6. The van der Waals surface area contributed by atoms with Gasteiger partial charge in [0.25, 0.3) is 0 Å². The molecule has 0 aliphatic carbocycles. The minimum Gasteiger partial charge on any atom is -0.493 e. The van der Waals surface area contributed by atoms with Crippen molar-refractivity contribution in [3.63, 3.8) is 0 Å². The summed E-state index contributed by atoms with van der Waals surface area (Å²) < 4.78 is 16.0. The van der Waals surface area contributed by atoms with Crippen molar-refractivity contribution >= 4 is 17.9 Å². The monoisotopic (exact) mass is 461 g/mol. The Bertz CT molecular complexity index is 873. The Morgan fingerprint density at radius 3 is 2.18 bits per heavy atom. The Balaban J connectivity index is 1.58. The normalized spacial score (nSPS) is 18.8. The van der Waals surface area contributed by atoms with Crippen molar-refractivity contribution in [2.75, 3.05) is 46.9 Å². The van der Waals surface area contributed by atoms with Gasteiger partial charge in [0.15, 0.2) is 11.5 Å². The molecule has 3 rings (SSSR count). The zero-order valence-corrected chi connectivity index (χ0v) is 20.3. The van der Waals surface area contributed by atoms with E-state index in [0.29, 0.717) is 50.6 Å². The van der Waals surface area contributed by atoms with Crippen LogP contribution in [0, 0.1) is 0 Å². The maximum Gasteiger partial charge on any atom is 0.410 e. The van der Waals surface area contributed by atoms with Crippen LogP contribution in [0.1, 0.15) is 39.2 Å². The first kappa shape index (κ1) is 24.7. The summed E-state index contributed by atoms with van der Waals surface area (Å²) in [4.78, 5) is 43.6. The maximum atomic E-state index is 13.2. The molecule has 2 fully saturated rings. The third-order valence-electron chi connectivity index (χ3n) is 5.90. The van der Waals surface area contributed by atoms with Crippen LogP contribution in [0.4, 0.5) is 4.79 Å². The van der Waals surface area contributed by atoms with Gasteiger partial charge in [0.2, 0.25) is 11.8 Å². The second kappa shape index (κ2) is 10.3. The van der Waals surface area contributed by atoms with Gasteiger partial charge < -0.3 is 28.9 Å². The average Bonchev–Trinajstić information content (AvgIpc) is 3.27. The van der Waals surface area contributed by atoms with Gasteiger partial charge >= 0.3 is 6.09 Å². The molecule has 0 bridgehead atoms. The highest BCUT2D eigenvalue weighted by molar-refractivity contribution is 5.89. The summed E-state index contributed by atoms with van der Waals surface area (Å²) in [6.07, 6.45) is 1.29. The number of carbonyl (C=O) groups is 3. The molecule has 0 aromatic heterocycles. The van der Waals surface area contributed by atoms with E-state index < -0.39 is 11.6 Å². The quantitative estimate of drug-likeness (QED) is 0.669. The van der Waals surface area contributed by atoms with Crippen LogP contribution in [0.15, 0.2) is 18.2 Å². The van der Waals surface area contributed by atoms with E-state index in [2.05, 4.69) is 0 Å². The lowest BCUT2D eigenvalue weighted by Crippen LogP contribution is -2.56. The van der Waals surface area contributed by atoms with E-state index >= 15 is 0 Å². The molecular weight excluding hydrogens is 426 g/mol. The molecule has 1 aromatic rings. The van der Waals surface area contributed by atoms with Crippen molar-refractivity contribution in [2.45, 2.75) is 51.7 Å². The lowest BCUT2D eigenvalue weighted by Gasteiger charge is -2.37. The number of amides is 3. The highest BCUT2D eigenvalue weighted by Gasteiger charge is 2.38. The number of benzene rings is 1. The molecule has 1 atom stereocenters. The van der Waals surface area contributed by atoms with Gasteiger partial charge in [-0.25, -0.2) is 4.79 Å². The molecule has 0 N–H and O–H groups in total. The molecule has 1 aromatic carbocycles. The molecule has 0 saturated carbocycles. The molecule has 2 aliphatic rings. The number of carbonyl (C=O) groups excluding carboxylic acids is 3. The van der Waals surface area contributed by atoms with Crippen LogP contribution in [-0.2, 0) is 20.7 Å². The van der Waals surface area contributed by atoms with Crippen molar-refractivity contribution in [3.05, 3.63) is 23.8 Å². The summed E-state index contributed by atoms with van der Waals surface area (Å²) in [7, 11) is 3.12. The van der Waals surface area contributed by atoms with E-state index in [-0.39, 0.29) is 24.3 Å². The Labute approximate surface area is 195 Å². The lowest BCUT2D eigenvalue weighted by molar-refractivity contribution is -0.144. The predicted molar refractivity (Wildman–Crippen MR) is 122 cm³/mol. The van der Waals surface area contributed by atoms with E-state index in [4.69, 9.17) is 14.2 Å². The SMILES string of the molecule is COc1ccc(CC(=O)N2CCC[C@@H]2C(=O)N2CCN(C(=O)OC(C)(C)C)CC2)cc1OC. The van der Waals surface area contributed by atoms with Crippen LogP contribution < -0.4 is 9.47 Å². The maximum absolute atomic E-state index is 13.2. The van der Waals surface area contributed by atoms with Crippen LogP contribution in [0.25, 0.3) is 0 Å². The Morgan fingerprint density at radius 1 is 0.939 bits per heavy atom. The Morgan fingerprint density at radius 2 is 1.58 bits per heavy atom. The molecule has 9 nitrogen and oxygen atoms in total. The van der Waals surface area contributed by atoms with Gasteiger partial charge in [0, 0.05) is 32.7 Å². The smallest absolute Gasteiger partial charge is 0.410 e. The number of methoxy groups -OCH3 is 2. The fourth-order valence-electron chi connectivity index (χ4n) is 4.24. The van der Waals surface area contributed by atoms with Gasteiger partial charge in [-0.15, -0.1) is 0 Å². The fourth-order valence-corrected chi connectivity index (χ4v) is 4.24. The second-order valence-electron chi connectivity index (χ2n) is 9.40. The molecule has 0 unspecified atom stereocenters. The van der Waals surface area contributed by atoms with E-state index in [0.717, 1.165) is 12.0 Å². The molecule has 2 saturated heterocycles. The summed E-state index contributed by atoms with van der Waals surface area (Å²) in [6.45, 7) is 7.79. The molecule has 2 aliphatic heterocycles. The average molecular weight is 462 g/mol. The van der Waals surface area contributed by atoms with Gasteiger partial charge in [0.05, 0.1) is 20.6 Å². The summed E-state index contributed by atoms with van der Waals surface area (Å²) in [5, 5.41) is 0. The number of likely N-dealkylation sites (tertiary alicyclic amines) is 1. The van der Waals surface area contributed by atoms with Gasteiger partial charge in [-0.3, -0.25) is 9.59 Å². The van der Waals surface area contributed by atoms with Crippen LogP contribution in [-0.4, -0.2) is 91.2 Å². The van der Waals surface area contributed by atoms with Crippen LogP contribution in [0.3, 0.4) is 0 Å². The molecule has 182 valence electrons. The second-order valence-corrected chi connectivity index (χ2v) is 9.40. The largest absolute Gasteiger partial charge is 0.493 e. The number of rotatable bonds is 5. The molecular formula is C24H35N3O6. The Hall–Kier alpha value is -2.97. The summed E-state index contributed by atoms with van der Waals surface area (Å²) >= 11 is 0. The van der Waals surface area contributed by atoms with Crippen LogP contribution >= 0.6 is 0 Å². The standard InChI is InChI=1S/C24H35N3O6/c1-24(2,3)33-23(30)26-13-11-25(12-14-26)22(29)18-7-6-10-27(18)21(28)16-17-8-9-19(31-4)20(15-17)32-5/h8-9,15,18H,6-7,10-14,16H2,1-5H3/t18-/m1/s1. The highest BCUT2D eigenvalue weighted by atomic mass is 16.6. The fraction of sp³-hybridized carbons (Fsp3) is 0.625. The molecule has 33 heavy (non-hydrogen) atoms. The number of nitrogens with zero attached hydrogens (tertiary/aromatic N) is 3. The summed E-state index contributed by atoms with van der Waals surface area (Å²) in [5.74, 6) is 1.05. The molecule has 0 spiro atoms. The molecule has 3 amide bonds. The van der Waals surface area contributed by atoms with Gasteiger partial charge in [0.1, 0.15) is 11.6 Å². The van der Waals surface area contributed by atoms with Gasteiger partial charge in [-0.2, -0.15) is 0 Å². The van der Waals surface area contributed by atoms with Gasteiger partial charge in [-0.05, 0) is 51.3 Å². The third kappa shape index (κ3) is 6.09. The first-order chi connectivity index (χ1) is 15.6. The minimum absolute atomic E-state index is 0.0444. The minimum atomic E-state index is -0.553. The predicted octanol–water partition coefficient (Wildman–Crippen LogP) is 2.32. The van der Waals surface area contributed by atoms with E-state index in [1.165, 1.54) is 0 Å². The first-order valence-electron chi connectivity index (χ1n) is 11.4. The third-order valence-corrected chi connectivity index (χ3v) is 5.90. The van der Waals surface area contributed by atoms with E-state index in [9.17, 15) is 14.4 Å². The number of hydrogen-bond donors (Lipinski definition) is 0. The molecule has 0 radical (unpaired) electrons. The topological polar surface area (TPSA) is 88.6 Å². The van der Waals surface area contributed by atoms with Crippen LogP contribution in [0.2, 0.25) is 0 Å². The number of piperazine rings is 1. The first-order valence-corrected chi connectivity index (χ1v) is 11.4. The number of ether oxygens (including phenoxy) is 3. The van der Waals surface area contributed by atoms with Gasteiger partial charge in [-0.1, -0.05) is 6.07 Å². The zero-order valence-electron chi connectivity index (χ0n) is 20.3. The Kier molecular flexibility index (Phi) is 7.71.